The van der Waals surface area contributed by atoms with Crippen LogP contribution in [0.25, 0.3) is 0 Å². The summed E-state index contributed by atoms with van der Waals surface area (Å²) < 4.78 is 16.4. The Labute approximate surface area is 73.0 Å². The van der Waals surface area contributed by atoms with Crippen molar-refractivity contribution in [2.75, 3.05) is 19.8 Å². The van der Waals surface area contributed by atoms with Crippen LogP contribution < -0.4 is 0 Å². The van der Waals surface area contributed by atoms with Crippen molar-refractivity contribution in [1.82, 2.24) is 0 Å². The van der Waals surface area contributed by atoms with E-state index in [2.05, 4.69) is 6.92 Å². The summed E-state index contributed by atoms with van der Waals surface area (Å²) >= 11 is 0. The molecule has 3 fully saturated rings. The van der Waals surface area contributed by atoms with Gasteiger partial charge in [0.05, 0.1) is 19.8 Å². The third-order valence-electron chi connectivity index (χ3n) is 2.70. The van der Waals surface area contributed by atoms with Crippen LogP contribution in [0.1, 0.15) is 26.7 Å². The smallest absolute Gasteiger partial charge is 0.279 e. The first-order valence-corrected chi connectivity index (χ1v) is 4.60. The molecule has 12 heavy (non-hydrogen) atoms. The standard InChI is InChI=1S/C9H16O3/c1-3-4-9-5-10-8(2,11-6-9)12-7-9/h3-7H2,1-2H3. The fraction of sp³-hybridized carbons (Fsp3) is 1.00. The van der Waals surface area contributed by atoms with E-state index in [0.717, 1.165) is 32.7 Å². The summed E-state index contributed by atoms with van der Waals surface area (Å²) in [5, 5.41) is 0. The van der Waals surface area contributed by atoms with Gasteiger partial charge in [0.2, 0.25) is 0 Å². The van der Waals surface area contributed by atoms with Gasteiger partial charge in [-0.15, -0.1) is 0 Å². The second-order valence-electron chi connectivity index (χ2n) is 3.98. The van der Waals surface area contributed by atoms with Crippen LogP contribution in [0.3, 0.4) is 0 Å². The van der Waals surface area contributed by atoms with Gasteiger partial charge in [0.1, 0.15) is 0 Å². The molecule has 3 heterocycles. The SMILES string of the molecule is CCCC12COC(C)(OC1)OC2. The molecule has 70 valence electrons. The van der Waals surface area contributed by atoms with E-state index >= 15 is 0 Å². The Kier molecular flexibility index (Phi) is 1.90. The Bertz CT molecular complexity index is 154. The molecular formula is C9H16O3. The average molecular weight is 172 g/mol. The van der Waals surface area contributed by atoms with Gasteiger partial charge < -0.3 is 14.2 Å². The highest BCUT2D eigenvalue weighted by molar-refractivity contribution is 4.86. The van der Waals surface area contributed by atoms with Crippen LogP contribution in [0.15, 0.2) is 0 Å². The molecule has 3 rings (SSSR count). The molecule has 0 spiro atoms. The van der Waals surface area contributed by atoms with E-state index < -0.39 is 5.97 Å². The van der Waals surface area contributed by atoms with E-state index in [1.54, 1.807) is 0 Å². The maximum atomic E-state index is 5.48. The van der Waals surface area contributed by atoms with Gasteiger partial charge in [-0.2, -0.15) is 0 Å². The number of hydrogen-bond donors (Lipinski definition) is 0. The predicted octanol–water partition coefficient (Wildman–Crippen LogP) is 1.52. The van der Waals surface area contributed by atoms with Crippen molar-refractivity contribution in [1.29, 1.82) is 0 Å². The van der Waals surface area contributed by atoms with Crippen molar-refractivity contribution in [2.45, 2.75) is 32.7 Å². The first kappa shape index (κ1) is 8.48. The molecule has 0 radical (unpaired) electrons. The summed E-state index contributed by atoms with van der Waals surface area (Å²) in [5.74, 6) is -0.741. The number of ether oxygens (including phenoxy) is 3. The summed E-state index contributed by atoms with van der Waals surface area (Å²) in [6.07, 6.45) is 2.29. The van der Waals surface area contributed by atoms with Crippen LogP contribution in [-0.4, -0.2) is 25.8 Å². The molecule has 0 aromatic rings. The molecule has 3 heteroatoms. The average Bonchev–Trinajstić information content (AvgIpc) is 2.08. The molecule has 0 aromatic carbocycles. The Hall–Kier alpha value is -0.120. The van der Waals surface area contributed by atoms with Crippen molar-refractivity contribution in [2.24, 2.45) is 5.41 Å². The largest absolute Gasteiger partial charge is 0.327 e. The van der Waals surface area contributed by atoms with Crippen molar-refractivity contribution in [3.63, 3.8) is 0 Å². The van der Waals surface area contributed by atoms with Crippen molar-refractivity contribution in [3.8, 4) is 0 Å². The first-order chi connectivity index (χ1) is 5.68. The highest BCUT2D eigenvalue weighted by Crippen LogP contribution is 2.40. The maximum absolute atomic E-state index is 5.48. The van der Waals surface area contributed by atoms with Crippen molar-refractivity contribution >= 4 is 0 Å². The van der Waals surface area contributed by atoms with Crippen molar-refractivity contribution in [3.05, 3.63) is 0 Å². The summed E-state index contributed by atoms with van der Waals surface area (Å²) in [6.45, 7) is 6.38. The van der Waals surface area contributed by atoms with E-state index in [4.69, 9.17) is 14.2 Å². The Morgan fingerprint density at radius 2 is 1.58 bits per heavy atom. The molecule has 3 aliphatic heterocycles. The molecule has 0 aromatic heterocycles. The van der Waals surface area contributed by atoms with Gasteiger partial charge in [-0.1, -0.05) is 13.3 Å². The summed E-state index contributed by atoms with van der Waals surface area (Å²) in [5.41, 5.74) is 0.145. The number of hydrogen-bond acceptors (Lipinski definition) is 3. The number of rotatable bonds is 2. The molecule has 0 unspecified atom stereocenters. The third-order valence-corrected chi connectivity index (χ3v) is 2.70. The molecule has 0 aliphatic carbocycles. The molecule has 0 amide bonds. The van der Waals surface area contributed by atoms with Gasteiger partial charge in [-0.05, 0) is 6.42 Å². The lowest BCUT2D eigenvalue weighted by molar-refractivity contribution is -0.460. The van der Waals surface area contributed by atoms with Crippen LogP contribution >= 0.6 is 0 Å². The van der Waals surface area contributed by atoms with Crippen LogP contribution in [0, 0.1) is 5.41 Å². The molecular weight excluding hydrogens is 156 g/mol. The lowest BCUT2D eigenvalue weighted by atomic mass is 9.84. The van der Waals surface area contributed by atoms with Gasteiger partial charge in [-0.25, -0.2) is 0 Å². The Balaban J connectivity index is 2.04. The van der Waals surface area contributed by atoms with Gasteiger partial charge >= 0.3 is 0 Å². The molecule has 3 aliphatic rings. The van der Waals surface area contributed by atoms with E-state index in [-0.39, 0.29) is 5.41 Å². The Morgan fingerprint density at radius 3 is 2.00 bits per heavy atom. The molecule has 2 bridgehead atoms. The normalized spacial score (nSPS) is 46.5. The zero-order chi connectivity index (χ0) is 8.66. The van der Waals surface area contributed by atoms with Gasteiger partial charge in [0, 0.05) is 12.3 Å². The fourth-order valence-electron chi connectivity index (χ4n) is 1.85. The second-order valence-corrected chi connectivity index (χ2v) is 3.98. The first-order valence-electron chi connectivity index (χ1n) is 4.60. The zero-order valence-electron chi connectivity index (χ0n) is 7.76. The predicted molar refractivity (Wildman–Crippen MR) is 43.6 cm³/mol. The molecule has 0 atom stereocenters. The highest BCUT2D eigenvalue weighted by Gasteiger charge is 2.49. The van der Waals surface area contributed by atoms with Crippen LogP contribution in [-0.2, 0) is 14.2 Å². The molecule has 3 nitrogen and oxygen atoms in total. The molecule has 0 N–H and O–H groups in total. The van der Waals surface area contributed by atoms with Gasteiger partial charge in [0.25, 0.3) is 5.97 Å². The van der Waals surface area contributed by atoms with Gasteiger partial charge in [-0.3, -0.25) is 0 Å². The summed E-state index contributed by atoms with van der Waals surface area (Å²) in [4.78, 5) is 0. The van der Waals surface area contributed by atoms with E-state index in [0.29, 0.717) is 0 Å². The fourth-order valence-corrected chi connectivity index (χ4v) is 1.85. The van der Waals surface area contributed by atoms with E-state index in [1.807, 2.05) is 6.92 Å². The van der Waals surface area contributed by atoms with E-state index in [9.17, 15) is 0 Å². The molecule has 3 saturated heterocycles. The van der Waals surface area contributed by atoms with Crippen molar-refractivity contribution < 1.29 is 14.2 Å². The monoisotopic (exact) mass is 172 g/mol. The zero-order valence-corrected chi connectivity index (χ0v) is 7.76. The van der Waals surface area contributed by atoms with Crippen LogP contribution in [0.5, 0.6) is 0 Å². The summed E-state index contributed by atoms with van der Waals surface area (Å²) in [7, 11) is 0. The van der Waals surface area contributed by atoms with Gasteiger partial charge in [0.15, 0.2) is 0 Å². The lowest BCUT2D eigenvalue weighted by Gasteiger charge is -2.50. The minimum absolute atomic E-state index is 0.145. The minimum atomic E-state index is -0.741. The maximum Gasteiger partial charge on any atom is 0.279 e. The number of fused-ring (bicyclic) bond motifs is 3. The van der Waals surface area contributed by atoms with E-state index in [1.165, 1.54) is 0 Å². The summed E-state index contributed by atoms with van der Waals surface area (Å²) in [6, 6.07) is 0. The third kappa shape index (κ3) is 1.26. The topological polar surface area (TPSA) is 27.7 Å². The molecule has 0 saturated carbocycles. The lowest BCUT2D eigenvalue weighted by Crippen LogP contribution is -2.58. The minimum Gasteiger partial charge on any atom is -0.327 e. The Morgan fingerprint density at radius 1 is 1.08 bits per heavy atom. The second kappa shape index (κ2) is 2.69. The highest BCUT2D eigenvalue weighted by atomic mass is 16.9. The van der Waals surface area contributed by atoms with Crippen LogP contribution in [0.2, 0.25) is 0 Å². The van der Waals surface area contributed by atoms with Crippen LogP contribution in [0.4, 0.5) is 0 Å². The quantitative estimate of drug-likeness (QED) is 0.632.